The zero-order valence-corrected chi connectivity index (χ0v) is 15.1. The molecule has 26 heavy (non-hydrogen) atoms. The molecule has 1 aromatic carbocycles. The van der Waals surface area contributed by atoms with Crippen LogP contribution in [0.2, 0.25) is 0 Å². The van der Waals surface area contributed by atoms with Crippen molar-refractivity contribution >= 4 is 5.91 Å². The average Bonchev–Trinajstić information content (AvgIpc) is 2.63. The first-order valence-corrected chi connectivity index (χ1v) is 8.75. The van der Waals surface area contributed by atoms with E-state index >= 15 is 0 Å². The molecule has 1 amide bonds. The highest BCUT2D eigenvalue weighted by atomic mass is 19.1. The van der Waals surface area contributed by atoms with Crippen molar-refractivity contribution in [1.82, 2.24) is 14.8 Å². The van der Waals surface area contributed by atoms with Crippen LogP contribution >= 0.6 is 0 Å². The molecule has 1 aliphatic heterocycles. The molecule has 0 aliphatic carbocycles. The van der Waals surface area contributed by atoms with Crippen LogP contribution in [0.25, 0.3) is 0 Å². The van der Waals surface area contributed by atoms with Crippen molar-refractivity contribution in [3.05, 3.63) is 65.7 Å². The summed E-state index contributed by atoms with van der Waals surface area (Å²) < 4.78 is 13.6. The van der Waals surface area contributed by atoms with E-state index in [2.05, 4.69) is 4.98 Å². The van der Waals surface area contributed by atoms with Gasteiger partial charge in [0.05, 0.1) is 5.69 Å². The lowest BCUT2D eigenvalue weighted by Gasteiger charge is -2.40. The Balaban J connectivity index is 1.74. The topological polar surface area (TPSA) is 56.7 Å². The standard InChI is InChI=1S/C20H24FN3O2/c1-23(2)18(15-6-5-7-16(21)14-15)19(25)24-12-9-20(26,10-13-24)17-8-3-4-11-22-17/h3-8,11,14,18,26H,9-10,12-13H2,1-2H3. The molecule has 1 atom stereocenters. The largest absolute Gasteiger partial charge is 0.383 e. The summed E-state index contributed by atoms with van der Waals surface area (Å²) in [6.07, 6.45) is 2.52. The summed E-state index contributed by atoms with van der Waals surface area (Å²) >= 11 is 0. The van der Waals surface area contributed by atoms with Gasteiger partial charge in [-0.15, -0.1) is 0 Å². The van der Waals surface area contributed by atoms with E-state index in [1.807, 2.05) is 32.3 Å². The lowest BCUT2D eigenvalue weighted by molar-refractivity contribution is -0.141. The number of piperidine rings is 1. The molecule has 1 aliphatic rings. The number of hydrogen-bond donors (Lipinski definition) is 1. The first kappa shape index (κ1) is 18.5. The number of halogens is 1. The van der Waals surface area contributed by atoms with Gasteiger partial charge in [-0.1, -0.05) is 18.2 Å². The van der Waals surface area contributed by atoms with E-state index in [1.54, 1.807) is 28.1 Å². The van der Waals surface area contributed by atoms with Crippen LogP contribution in [0.5, 0.6) is 0 Å². The van der Waals surface area contributed by atoms with Crippen LogP contribution in [-0.4, -0.2) is 53.0 Å². The van der Waals surface area contributed by atoms with Gasteiger partial charge in [0, 0.05) is 19.3 Å². The van der Waals surface area contributed by atoms with E-state index in [9.17, 15) is 14.3 Å². The molecule has 2 aromatic rings. The summed E-state index contributed by atoms with van der Waals surface area (Å²) in [6, 6.07) is 11.1. The number of carbonyl (C=O) groups excluding carboxylic acids is 1. The lowest BCUT2D eigenvalue weighted by Crippen LogP contribution is -2.48. The van der Waals surface area contributed by atoms with Crippen molar-refractivity contribution in [1.29, 1.82) is 0 Å². The highest BCUT2D eigenvalue weighted by Crippen LogP contribution is 2.33. The van der Waals surface area contributed by atoms with Crippen LogP contribution in [0.4, 0.5) is 4.39 Å². The van der Waals surface area contributed by atoms with Crippen molar-refractivity contribution in [2.24, 2.45) is 0 Å². The summed E-state index contributed by atoms with van der Waals surface area (Å²) in [5.74, 6) is -0.436. The number of rotatable bonds is 4. The number of aromatic nitrogens is 1. The predicted octanol–water partition coefficient (Wildman–Crippen LogP) is 2.33. The quantitative estimate of drug-likeness (QED) is 0.913. The van der Waals surface area contributed by atoms with Crippen LogP contribution < -0.4 is 0 Å². The maximum Gasteiger partial charge on any atom is 0.244 e. The number of carbonyl (C=O) groups is 1. The normalized spacial score (nSPS) is 18.0. The van der Waals surface area contributed by atoms with Gasteiger partial charge >= 0.3 is 0 Å². The SMILES string of the molecule is CN(C)C(C(=O)N1CCC(O)(c2ccccn2)CC1)c1cccc(F)c1. The maximum atomic E-state index is 13.6. The van der Waals surface area contributed by atoms with Crippen LogP contribution in [0.3, 0.4) is 0 Å². The summed E-state index contributed by atoms with van der Waals surface area (Å²) in [6.45, 7) is 0.872. The average molecular weight is 357 g/mol. The van der Waals surface area contributed by atoms with E-state index in [1.165, 1.54) is 12.1 Å². The molecule has 1 N–H and O–H groups in total. The van der Waals surface area contributed by atoms with Gasteiger partial charge in [-0.2, -0.15) is 0 Å². The van der Waals surface area contributed by atoms with Crippen LogP contribution in [0.1, 0.15) is 30.1 Å². The zero-order valence-electron chi connectivity index (χ0n) is 15.1. The summed E-state index contributed by atoms with van der Waals surface area (Å²) in [4.78, 5) is 20.9. The molecule has 138 valence electrons. The molecule has 0 saturated carbocycles. The maximum absolute atomic E-state index is 13.6. The van der Waals surface area contributed by atoms with Gasteiger partial charge in [0.15, 0.2) is 0 Å². The fraction of sp³-hybridized carbons (Fsp3) is 0.400. The Morgan fingerprint density at radius 1 is 1.23 bits per heavy atom. The van der Waals surface area contributed by atoms with Gasteiger partial charge in [-0.05, 0) is 56.8 Å². The fourth-order valence-electron chi connectivity index (χ4n) is 3.50. The zero-order chi connectivity index (χ0) is 18.7. The van der Waals surface area contributed by atoms with E-state index < -0.39 is 11.6 Å². The van der Waals surface area contributed by atoms with Crippen LogP contribution in [0, 0.1) is 5.82 Å². The molecule has 0 radical (unpaired) electrons. The minimum Gasteiger partial charge on any atom is -0.383 e. The molecule has 3 rings (SSSR count). The molecule has 5 nitrogen and oxygen atoms in total. The molecule has 0 spiro atoms. The number of pyridine rings is 1. The first-order valence-electron chi connectivity index (χ1n) is 8.75. The summed E-state index contributed by atoms with van der Waals surface area (Å²) in [5, 5.41) is 10.9. The van der Waals surface area contributed by atoms with E-state index in [-0.39, 0.29) is 11.7 Å². The van der Waals surface area contributed by atoms with Crippen molar-refractivity contribution in [2.75, 3.05) is 27.2 Å². The van der Waals surface area contributed by atoms with E-state index in [4.69, 9.17) is 0 Å². The minimum atomic E-state index is -1.01. The highest BCUT2D eigenvalue weighted by molar-refractivity contribution is 5.83. The number of likely N-dealkylation sites (tertiary alicyclic amines) is 1. The van der Waals surface area contributed by atoms with E-state index in [0.717, 1.165) is 0 Å². The molecular formula is C20H24FN3O2. The second-order valence-corrected chi connectivity index (χ2v) is 6.99. The smallest absolute Gasteiger partial charge is 0.244 e. The Labute approximate surface area is 153 Å². The molecule has 1 aromatic heterocycles. The third-order valence-corrected chi connectivity index (χ3v) is 4.96. The molecule has 6 heteroatoms. The van der Waals surface area contributed by atoms with Gasteiger partial charge in [-0.25, -0.2) is 4.39 Å². The number of aliphatic hydroxyl groups is 1. The number of benzene rings is 1. The first-order chi connectivity index (χ1) is 12.4. The number of hydrogen-bond acceptors (Lipinski definition) is 4. The Hall–Kier alpha value is -2.31. The number of likely N-dealkylation sites (N-methyl/N-ethyl adjacent to an activating group) is 1. The molecule has 1 fully saturated rings. The lowest BCUT2D eigenvalue weighted by atomic mass is 9.87. The number of nitrogens with zero attached hydrogens (tertiary/aromatic N) is 3. The summed E-state index contributed by atoms with van der Waals surface area (Å²) in [5.41, 5.74) is 0.261. The Morgan fingerprint density at radius 2 is 1.96 bits per heavy atom. The predicted molar refractivity (Wildman–Crippen MR) is 96.8 cm³/mol. The van der Waals surface area contributed by atoms with E-state index in [0.29, 0.717) is 37.2 Å². The number of amides is 1. The second kappa shape index (κ2) is 7.51. The van der Waals surface area contributed by atoms with Crippen molar-refractivity contribution < 1.29 is 14.3 Å². The fourth-order valence-corrected chi connectivity index (χ4v) is 3.50. The highest BCUT2D eigenvalue weighted by Gasteiger charge is 2.38. The van der Waals surface area contributed by atoms with Crippen LogP contribution in [-0.2, 0) is 10.4 Å². The molecule has 0 bridgehead atoms. The molecule has 2 heterocycles. The Bertz CT molecular complexity index is 759. The third-order valence-electron chi connectivity index (χ3n) is 4.96. The molecular weight excluding hydrogens is 333 g/mol. The van der Waals surface area contributed by atoms with Gasteiger partial charge in [-0.3, -0.25) is 14.7 Å². The Morgan fingerprint density at radius 3 is 2.54 bits per heavy atom. The Kier molecular flexibility index (Phi) is 5.34. The molecule has 1 unspecified atom stereocenters. The summed E-state index contributed by atoms with van der Waals surface area (Å²) in [7, 11) is 3.61. The van der Waals surface area contributed by atoms with Gasteiger partial charge < -0.3 is 10.0 Å². The minimum absolute atomic E-state index is 0.0799. The van der Waals surface area contributed by atoms with Gasteiger partial charge in [0.1, 0.15) is 17.5 Å². The van der Waals surface area contributed by atoms with Crippen molar-refractivity contribution in [2.45, 2.75) is 24.5 Å². The van der Waals surface area contributed by atoms with Crippen molar-refractivity contribution in [3.63, 3.8) is 0 Å². The second-order valence-electron chi connectivity index (χ2n) is 6.99. The van der Waals surface area contributed by atoms with Crippen molar-refractivity contribution in [3.8, 4) is 0 Å². The third kappa shape index (κ3) is 3.76. The monoisotopic (exact) mass is 357 g/mol. The van der Waals surface area contributed by atoms with Crippen LogP contribution in [0.15, 0.2) is 48.7 Å². The molecule has 1 saturated heterocycles. The van der Waals surface area contributed by atoms with Gasteiger partial charge in [0.2, 0.25) is 5.91 Å². The van der Waals surface area contributed by atoms with Gasteiger partial charge in [0.25, 0.3) is 0 Å².